The van der Waals surface area contributed by atoms with Crippen LogP contribution in [-0.2, 0) is 0 Å². The van der Waals surface area contributed by atoms with Gasteiger partial charge in [-0.05, 0) is 30.9 Å². The van der Waals surface area contributed by atoms with Crippen LogP contribution < -0.4 is 14.8 Å². The highest BCUT2D eigenvalue weighted by atomic mass is 35.5. The lowest BCUT2D eigenvalue weighted by atomic mass is 10.0. The lowest BCUT2D eigenvalue weighted by Gasteiger charge is -2.16. The van der Waals surface area contributed by atoms with Crippen molar-refractivity contribution in [2.24, 2.45) is 5.92 Å². The van der Waals surface area contributed by atoms with E-state index in [1.807, 2.05) is 0 Å². The van der Waals surface area contributed by atoms with Gasteiger partial charge in [-0.15, -0.1) is 11.6 Å². The maximum absolute atomic E-state index is 12.3. The van der Waals surface area contributed by atoms with E-state index >= 15 is 0 Å². The fraction of sp³-hybridized carbons (Fsp3) is 0.562. The molecule has 1 aromatic carbocycles. The summed E-state index contributed by atoms with van der Waals surface area (Å²) >= 11 is 5.80. The monoisotopic (exact) mass is 313 g/mol. The second-order valence-electron chi connectivity index (χ2n) is 4.91. The Hall–Kier alpha value is -1.42. The lowest BCUT2D eigenvalue weighted by Crippen LogP contribution is -2.29. The number of nitrogens with one attached hydrogen (secondary N) is 1. The van der Waals surface area contributed by atoms with Crippen molar-refractivity contribution in [3.63, 3.8) is 0 Å². The van der Waals surface area contributed by atoms with Crippen molar-refractivity contribution in [2.45, 2.75) is 26.2 Å². The van der Waals surface area contributed by atoms with Crippen LogP contribution in [-0.4, -0.2) is 32.6 Å². The van der Waals surface area contributed by atoms with Crippen LogP contribution in [0.25, 0.3) is 0 Å². The van der Waals surface area contributed by atoms with Gasteiger partial charge in [0.15, 0.2) is 0 Å². The van der Waals surface area contributed by atoms with Gasteiger partial charge in [0.25, 0.3) is 5.91 Å². The number of benzene rings is 1. The number of carbonyl (C=O) groups is 1. The molecule has 0 aliphatic carbocycles. The zero-order chi connectivity index (χ0) is 15.7. The highest BCUT2D eigenvalue weighted by Gasteiger charge is 2.15. The summed E-state index contributed by atoms with van der Waals surface area (Å²) in [5.74, 6) is 2.07. The Balaban J connectivity index is 2.70. The third-order valence-electron chi connectivity index (χ3n) is 3.42. The minimum atomic E-state index is -0.134. The number of halogens is 1. The van der Waals surface area contributed by atoms with Crippen molar-refractivity contribution < 1.29 is 14.3 Å². The van der Waals surface area contributed by atoms with Gasteiger partial charge >= 0.3 is 0 Å². The van der Waals surface area contributed by atoms with Gasteiger partial charge in [-0.25, -0.2) is 0 Å². The number of hydrogen-bond donors (Lipinski definition) is 1. The summed E-state index contributed by atoms with van der Waals surface area (Å²) in [5, 5.41) is 2.96. The van der Waals surface area contributed by atoms with E-state index in [-0.39, 0.29) is 5.91 Å². The van der Waals surface area contributed by atoms with E-state index in [9.17, 15) is 4.79 Å². The number of carbonyl (C=O) groups excluding carboxylic acids is 1. The molecule has 1 amide bonds. The van der Waals surface area contributed by atoms with Crippen molar-refractivity contribution in [1.82, 2.24) is 5.32 Å². The smallest absolute Gasteiger partial charge is 0.255 e. The Labute approximate surface area is 131 Å². The molecule has 1 rings (SSSR count). The van der Waals surface area contributed by atoms with Crippen molar-refractivity contribution in [1.29, 1.82) is 0 Å². The molecule has 0 saturated carbocycles. The quantitative estimate of drug-likeness (QED) is 0.710. The van der Waals surface area contributed by atoms with Crippen molar-refractivity contribution in [3.8, 4) is 11.5 Å². The van der Waals surface area contributed by atoms with Crippen LogP contribution in [0.1, 0.15) is 36.5 Å². The molecule has 0 aromatic heterocycles. The summed E-state index contributed by atoms with van der Waals surface area (Å²) in [6, 6.07) is 5.17. The molecule has 0 fully saturated rings. The zero-order valence-electron chi connectivity index (χ0n) is 12.9. The Morgan fingerprint density at radius 2 is 2.05 bits per heavy atom. The molecule has 5 heteroatoms. The molecule has 0 bridgehead atoms. The van der Waals surface area contributed by atoms with Crippen LogP contribution in [0.15, 0.2) is 18.2 Å². The van der Waals surface area contributed by atoms with E-state index in [1.54, 1.807) is 32.4 Å². The number of hydrogen-bond acceptors (Lipinski definition) is 3. The molecular formula is C16H24ClNO3. The minimum absolute atomic E-state index is 0.134. The standard InChI is InChI=1S/C16H24ClNO3/c1-4-5-12(8-9-17)11-18-16(19)14-7-6-13(20-2)10-15(14)21-3/h6-7,10,12H,4-5,8-9,11H2,1-3H3,(H,18,19). The Morgan fingerprint density at radius 1 is 1.29 bits per heavy atom. The van der Waals surface area contributed by atoms with E-state index < -0.39 is 0 Å². The van der Waals surface area contributed by atoms with E-state index in [4.69, 9.17) is 21.1 Å². The van der Waals surface area contributed by atoms with Crippen LogP contribution in [0.3, 0.4) is 0 Å². The molecule has 0 heterocycles. The average Bonchev–Trinajstić information content (AvgIpc) is 2.52. The average molecular weight is 314 g/mol. The predicted octanol–water partition coefficient (Wildman–Crippen LogP) is 3.48. The Kier molecular flexibility index (Phi) is 7.98. The van der Waals surface area contributed by atoms with E-state index in [0.29, 0.717) is 35.4 Å². The zero-order valence-corrected chi connectivity index (χ0v) is 13.7. The van der Waals surface area contributed by atoms with E-state index in [0.717, 1.165) is 19.3 Å². The van der Waals surface area contributed by atoms with Crippen LogP contribution >= 0.6 is 11.6 Å². The Morgan fingerprint density at radius 3 is 2.62 bits per heavy atom. The highest BCUT2D eigenvalue weighted by Crippen LogP contribution is 2.24. The summed E-state index contributed by atoms with van der Waals surface area (Å²) in [4.78, 5) is 12.3. The second-order valence-corrected chi connectivity index (χ2v) is 5.29. The fourth-order valence-corrected chi connectivity index (χ4v) is 2.54. The number of ether oxygens (including phenoxy) is 2. The molecule has 1 unspecified atom stereocenters. The molecule has 0 spiro atoms. The molecule has 1 aromatic rings. The van der Waals surface area contributed by atoms with Gasteiger partial charge in [0.1, 0.15) is 11.5 Å². The largest absolute Gasteiger partial charge is 0.497 e. The van der Waals surface area contributed by atoms with Crippen molar-refractivity contribution >= 4 is 17.5 Å². The van der Waals surface area contributed by atoms with Gasteiger partial charge in [0.05, 0.1) is 19.8 Å². The van der Waals surface area contributed by atoms with Gasteiger partial charge < -0.3 is 14.8 Å². The van der Waals surface area contributed by atoms with Gasteiger partial charge in [-0.2, -0.15) is 0 Å². The van der Waals surface area contributed by atoms with Gasteiger partial charge in [-0.1, -0.05) is 13.3 Å². The summed E-state index contributed by atoms with van der Waals surface area (Å²) in [6.45, 7) is 2.77. The van der Waals surface area contributed by atoms with Crippen LogP contribution in [0.2, 0.25) is 0 Å². The molecule has 0 aliphatic heterocycles. The SMILES string of the molecule is CCCC(CCCl)CNC(=O)c1ccc(OC)cc1OC. The fourth-order valence-electron chi connectivity index (χ4n) is 2.23. The third-order valence-corrected chi connectivity index (χ3v) is 3.64. The molecule has 0 saturated heterocycles. The number of alkyl halides is 1. The summed E-state index contributed by atoms with van der Waals surface area (Å²) in [6.07, 6.45) is 3.06. The summed E-state index contributed by atoms with van der Waals surface area (Å²) < 4.78 is 10.4. The van der Waals surface area contributed by atoms with Crippen molar-refractivity contribution in [2.75, 3.05) is 26.6 Å². The second kappa shape index (κ2) is 9.50. The van der Waals surface area contributed by atoms with Crippen LogP contribution in [0.5, 0.6) is 11.5 Å². The molecule has 1 N–H and O–H groups in total. The molecule has 1 atom stereocenters. The lowest BCUT2D eigenvalue weighted by molar-refractivity contribution is 0.0943. The van der Waals surface area contributed by atoms with E-state index in [1.165, 1.54) is 0 Å². The molecular weight excluding hydrogens is 290 g/mol. The minimum Gasteiger partial charge on any atom is -0.497 e. The first-order valence-corrected chi connectivity index (χ1v) is 7.75. The van der Waals surface area contributed by atoms with Crippen LogP contribution in [0, 0.1) is 5.92 Å². The highest BCUT2D eigenvalue weighted by molar-refractivity contribution is 6.17. The maximum Gasteiger partial charge on any atom is 0.255 e. The molecule has 118 valence electrons. The predicted molar refractivity (Wildman–Crippen MR) is 85.6 cm³/mol. The van der Waals surface area contributed by atoms with Gasteiger partial charge in [0, 0.05) is 18.5 Å². The summed E-state index contributed by atoms with van der Waals surface area (Å²) in [5.41, 5.74) is 0.513. The first-order valence-electron chi connectivity index (χ1n) is 7.22. The van der Waals surface area contributed by atoms with Crippen molar-refractivity contribution in [3.05, 3.63) is 23.8 Å². The van der Waals surface area contributed by atoms with Gasteiger partial charge in [0.2, 0.25) is 0 Å². The molecule has 0 aliphatic rings. The van der Waals surface area contributed by atoms with E-state index in [2.05, 4.69) is 12.2 Å². The first-order chi connectivity index (χ1) is 10.2. The molecule has 0 radical (unpaired) electrons. The topological polar surface area (TPSA) is 47.6 Å². The molecule has 21 heavy (non-hydrogen) atoms. The molecule has 4 nitrogen and oxygen atoms in total. The summed E-state index contributed by atoms with van der Waals surface area (Å²) in [7, 11) is 3.12. The number of methoxy groups -OCH3 is 2. The third kappa shape index (κ3) is 5.46. The van der Waals surface area contributed by atoms with Crippen LogP contribution in [0.4, 0.5) is 0 Å². The normalized spacial score (nSPS) is 11.8. The maximum atomic E-state index is 12.3. The first kappa shape index (κ1) is 17.6. The number of amides is 1. The Bertz CT molecular complexity index is 445. The number of rotatable bonds is 9. The van der Waals surface area contributed by atoms with Gasteiger partial charge in [-0.3, -0.25) is 4.79 Å².